The van der Waals surface area contributed by atoms with Gasteiger partial charge in [-0.15, -0.1) is 0 Å². The largest absolute Gasteiger partial charge is 0.493 e. The number of amides is 3. The van der Waals surface area contributed by atoms with Crippen LogP contribution < -0.4 is 30.4 Å². The first-order chi connectivity index (χ1) is 15.8. The van der Waals surface area contributed by atoms with Crippen molar-refractivity contribution in [1.82, 2.24) is 16.2 Å². The van der Waals surface area contributed by atoms with Gasteiger partial charge in [-0.25, -0.2) is 0 Å². The van der Waals surface area contributed by atoms with E-state index < -0.39 is 11.8 Å². The summed E-state index contributed by atoms with van der Waals surface area (Å²) < 4.78 is 15.7. The van der Waals surface area contributed by atoms with Gasteiger partial charge < -0.3 is 19.5 Å². The monoisotopic (exact) mass is 459 g/mol. The second-order valence-electron chi connectivity index (χ2n) is 9.79. The van der Waals surface area contributed by atoms with Crippen molar-refractivity contribution in [3.05, 3.63) is 17.7 Å². The van der Waals surface area contributed by atoms with Gasteiger partial charge in [0.15, 0.2) is 11.5 Å². The average molecular weight is 460 g/mol. The molecular formula is C24H33N3O6. The summed E-state index contributed by atoms with van der Waals surface area (Å²) >= 11 is 0. The van der Waals surface area contributed by atoms with Crippen molar-refractivity contribution in [1.29, 1.82) is 0 Å². The molecule has 1 aromatic carbocycles. The molecule has 1 aromatic rings. The molecule has 0 radical (unpaired) electrons. The van der Waals surface area contributed by atoms with Crippen molar-refractivity contribution in [2.75, 3.05) is 27.9 Å². The van der Waals surface area contributed by atoms with Crippen molar-refractivity contribution >= 4 is 17.7 Å². The summed E-state index contributed by atoms with van der Waals surface area (Å²) in [7, 11) is 4.39. The molecule has 4 bridgehead atoms. The summed E-state index contributed by atoms with van der Waals surface area (Å²) in [5, 5.41) is 2.53. The molecule has 180 valence electrons. The van der Waals surface area contributed by atoms with Crippen LogP contribution >= 0.6 is 0 Å². The van der Waals surface area contributed by atoms with E-state index in [1.54, 1.807) is 0 Å². The van der Waals surface area contributed by atoms with Gasteiger partial charge in [0, 0.05) is 12.0 Å². The number of rotatable bonds is 8. The van der Waals surface area contributed by atoms with Gasteiger partial charge in [0.1, 0.15) is 0 Å². The number of ether oxygens (including phenoxy) is 3. The molecule has 4 aliphatic rings. The van der Waals surface area contributed by atoms with E-state index in [-0.39, 0.29) is 23.4 Å². The van der Waals surface area contributed by atoms with Gasteiger partial charge >= 0.3 is 0 Å². The average Bonchev–Trinajstić information content (AvgIpc) is 2.78. The Morgan fingerprint density at radius 3 is 1.85 bits per heavy atom. The molecule has 5 rings (SSSR count). The molecule has 33 heavy (non-hydrogen) atoms. The van der Waals surface area contributed by atoms with Gasteiger partial charge in [-0.05, 0) is 73.8 Å². The molecular weight excluding hydrogens is 426 g/mol. The normalized spacial score (nSPS) is 26.9. The zero-order valence-electron chi connectivity index (χ0n) is 19.5. The SMILES string of the molecule is COc1cc(C(=O)NCC(=O)NNC(=O)CC23CC4CC(CC(C4)C2)C3)cc(OC)c1OC. The van der Waals surface area contributed by atoms with E-state index in [2.05, 4.69) is 16.2 Å². The van der Waals surface area contributed by atoms with Crippen molar-refractivity contribution < 1.29 is 28.6 Å². The van der Waals surface area contributed by atoms with Crippen LogP contribution in [0, 0.1) is 23.2 Å². The van der Waals surface area contributed by atoms with Crippen LogP contribution in [0.3, 0.4) is 0 Å². The van der Waals surface area contributed by atoms with Crippen molar-refractivity contribution in [2.24, 2.45) is 23.2 Å². The molecule has 3 N–H and O–H groups in total. The Morgan fingerprint density at radius 2 is 1.36 bits per heavy atom. The predicted octanol–water partition coefficient (Wildman–Crippen LogP) is 2.20. The lowest BCUT2D eigenvalue weighted by Gasteiger charge is -2.56. The Kier molecular flexibility index (Phi) is 6.67. The molecule has 3 amide bonds. The Bertz CT molecular complexity index is 870. The molecule has 4 aliphatic carbocycles. The zero-order chi connectivity index (χ0) is 23.6. The maximum atomic E-state index is 12.5. The Balaban J connectivity index is 1.25. The van der Waals surface area contributed by atoms with Crippen LogP contribution in [0.1, 0.15) is 55.3 Å². The van der Waals surface area contributed by atoms with Gasteiger partial charge in [-0.3, -0.25) is 25.2 Å². The fourth-order valence-corrected chi connectivity index (χ4v) is 6.55. The van der Waals surface area contributed by atoms with E-state index >= 15 is 0 Å². The quantitative estimate of drug-likeness (QED) is 0.514. The summed E-state index contributed by atoms with van der Waals surface area (Å²) in [4.78, 5) is 37.2. The molecule has 0 aromatic heterocycles. The first kappa shape index (κ1) is 23.2. The number of benzene rings is 1. The van der Waals surface area contributed by atoms with Gasteiger partial charge in [0.2, 0.25) is 11.7 Å². The third-order valence-corrected chi connectivity index (χ3v) is 7.38. The second-order valence-corrected chi connectivity index (χ2v) is 9.79. The minimum Gasteiger partial charge on any atom is -0.493 e. The topological polar surface area (TPSA) is 115 Å². The first-order valence-corrected chi connectivity index (χ1v) is 11.5. The highest BCUT2D eigenvalue weighted by Gasteiger charge is 2.51. The molecule has 0 spiro atoms. The van der Waals surface area contributed by atoms with Crippen molar-refractivity contribution in [3.63, 3.8) is 0 Å². The fraction of sp³-hybridized carbons (Fsp3) is 0.625. The van der Waals surface area contributed by atoms with Crippen LogP contribution in [-0.4, -0.2) is 45.6 Å². The number of hydrogen-bond acceptors (Lipinski definition) is 6. The van der Waals surface area contributed by atoms with E-state index in [1.165, 1.54) is 52.7 Å². The molecule has 4 saturated carbocycles. The number of carbonyl (C=O) groups excluding carboxylic acids is 3. The maximum Gasteiger partial charge on any atom is 0.257 e. The van der Waals surface area contributed by atoms with E-state index in [0.717, 1.165) is 37.0 Å². The van der Waals surface area contributed by atoms with E-state index in [4.69, 9.17) is 14.2 Å². The number of nitrogens with one attached hydrogen (secondary N) is 3. The summed E-state index contributed by atoms with van der Waals surface area (Å²) in [6, 6.07) is 3.00. The zero-order valence-corrected chi connectivity index (χ0v) is 19.5. The molecule has 9 nitrogen and oxygen atoms in total. The van der Waals surface area contributed by atoms with Crippen LogP contribution in [0.5, 0.6) is 17.2 Å². The highest BCUT2D eigenvalue weighted by atomic mass is 16.5. The number of hydrogen-bond donors (Lipinski definition) is 3. The maximum absolute atomic E-state index is 12.5. The van der Waals surface area contributed by atoms with Crippen LogP contribution in [0.25, 0.3) is 0 Å². The minimum absolute atomic E-state index is 0.101. The van der Waals surface area contributed by atoms with Crippen molar-refractivity contribution in [3.8, 4) is 17.2 Å². The summed E-state index contributed by atoms with van der Waals surface area (Å²) in [5.74, 6) is 2.19. The third kappa shape index (κ3) is 5.02. The molecule has 9 heteroatoms. The van der Waals surface area contributed by atoms with Crippen molar-refractivity contribution in [2.45, 2.75) is 44.9 Å². The Morgan fingerprint density at radius 1 is 0.848 bits per heavy atom. The van der Waals surface area contributed by atoms with Gasteiger partial charge in [-0.1, -0.05) is 0 Å². The van der Waals surface area contributed by atoms with Crippen LogP contribution in [0.2, 0.25) is 0 Å². The van der Waals surface area contributed by atoms with Gasteiger partial charge in [-0.2, -0.15) is 0 Å². The van der Waals surface area contributed by atoms with Crippen LogP contribution in [-0.2, 0) is 9.59 Å². The van der Waals surface area contributed by atoms with Crippen LogP contribution in [0.15, 0.2) is 12.1 Å². The highest BCUT2D eigenvalue weighted by molar-refractivity contribution is 5.97. The summed E-state index contributed by atoms with van der Waals surface area (Å²) in [5.41, 5.74) is 5.29. The lowest BCUT2D eigenvalue weighted by molar-refractivity contribution is -0.134. The smallest absolute Gasteiger partial charge is 0.257 e. The molecule has 0 unspecified atom stereocenters. The number of carbonyl (C=O) groups is 3. The lowest BCUT2D eigenvalue weighted by Crippen LogP contribution is -2.51. The molecule has 0 saturated heterocycles. The molecule has 0 heterocycles. The minimum atomic E-state index is -0.505. The van der Waals surface area contributed by atoms with Crippen LogP contribution in [0.4, 0.5) is 0 Å². The Labute approximate surface area is 193 Å². The van der Waals surface area contributed by atoms with E-state index in [1.807, 2.05) is 0 Å². The second kappa shape index (κ2) is 9.49. The number of methoxy groups -OCH3 is 3. The first-order valence-electron chi connectivity index (χ1n) is 11.5. The third-order valence-electron chi connectivity index (χ3n) is 7.38. The molecule has 0 aliphatic heterocycles. The van der Waals surface area contributed by atoms with E-state index in [9.17, 15) is 14.4 Å². The summed E-state index contributed by atoms with van der Waals surface area (Å²) in [6.07, 6.45) is 7.81. The standard InChI is InChI=1S/C24H33N3O6/c1-31-18-7-17(8-19(32-2)22(18)33-3)23(30)25-13-21(29)27-26-20(28)12-24-9-14-4-15(10-24)6-16(5-14)11-24/h7-8,14-16H,4-6,9-13H2,1-3H3,(H,25,30)(H,26,28)(H,27,29). The van der Waals surface area contributed by atoms with E-state index in [0.29, 0.717) is 23.7 Å². The summed E-state index contributed by atoms with van der Waals surface area (Å²) in [6.45, 7) is -0.285. The lowest BCUT2D eigenvalue weighted by atomic mass is 9.49. The highest BCUT2D eigenvalue weighted by Crippen LogP contribution is 2.61. The molecule has 0 atom stereocenters. The van der Waals surface area contributed by atoms with Gasteiger partial charge in [0.25, 0.3) is 11.8 Å². The fourth-order valence-electron chi connectivity index (χ4n) is 6.55. The Hall–Kier alpha value is -2.97. The number of hydrazine groups is 1. The predicted molar refractivity (Wildman–Crippen MR) is 120 cm³/mol. The molecule has 4 fully saturated rings. The van der Waals surface area contributed by atoms with Gasteiger partial charge in [0.05, 0.1) is 27.9 Å².